The molecule has 4 nitrogen and oxygen atoms in total. The molecule has 0 aliphatic carbocycles. The fourth-order valence-electron chi connectivity index (χ4n) is 2.58. The quantitative estimate of drug-likeness (QED) is 0.848. The lowest BCUT2D eigenvalue weighted by molar-refractivity contribution is -0.133. The second-order valence-electron chi connectivity index (χ2n) is 5.72. The van der Waals surface area contributed by atoms with E-state index in [-0.39, 0.29) is 18.2 Å². The summed E-state index contributed by atoms with van der Waals surface area (Å²) in [5.74, 6) is -0.487. The van der Waals surface area contributed by atoms with Crippen LogP contribution in [0.15, 0.2) is 66.4 Å². The van der Waals surface area contributed by atoms with Crippen molar-refractivity contribution in [3.05, 3.63) is 88.2 Å². The van der Waals surface area contributed by atoms with Gasteiger partial charge in [0.25, 0.3) is 5.91 Å². The summed E-state index contributed by atoms with van der Waals surface area (Å²) in [6, 6.07) is 14.2. The van der Waals surface area contributed by atoms with Gasteiger partial charge in [-0.15, -0.1) is 0 Å². The van der Waals surface area contributed by atoms with Crippen molar-refractivity contribution >= 4 is 29.1 Å². The number of cyclic esters (lactones) is 1. The molecular weight excluding hydrogens is 338 g/mol. The van der Waals surface area contributed by atoms with E-state index in [4.69, 9.17) is 16.3 Å². The minimum atomic E-state index is -0.501. The number of esters is 1. The maximum Gasteiger partial charge on any atom is 0.341 e. The number of aryl methyl sites for hydroxylation is 1. The molecule has 0 saturated carbocycles. The van der Waals surface area contributed by atoms with Crippen LogP contribution in [0.1, 0.15) is 21.5 Å². The van der Waals surface area contributed by atoms with Crippen molar-refractivity contribution < 1.29 is 14.3 Å². The minimum Gasteiger partial charge on any atom is -0.423 e. The lowest BCUT2D eigenvalue weighted by atomic mass is 10.00. The topological polar surface area (TPSA) is 55.4 Å². The maximum absolute atomic E-state index is 12.3. The number of amides is 1. The summed E-state index contributed by atoms with van der Waals surface area (Å²) in [6.45, 7) is 5.79. The maximum atomic E-state index is 12.3. The molecule has 0 saturated heterocycles. The Morgan fingerprint density at radius 1 is 1.12 bits per heavy atom. The van der Waals surface area contributed by atoms with Gasteiger partial charge in [-0.25, -0.2) is 4.79 Å². The van der Waals surface area contributed by atoms with E-state index < -0.39 is 5.97 Å². The highest BCUT2D eigenvalue weighted by atomic mass is 35.5. The SMILES string of the molecule is C=C1OC(=O)C(CNC(=O)c2ccc(C)cc2)=C1c1ccc(Cl)cc1. The van der Waals surface area contributed by atoms with E-state index in [1.165, 1.54) is 0 Å². The highest BCUT2D eigenvalue weighted by Crippen LogP contribution is 2.33. The second kappa shape index (κ2) is 6.95. The van der Waals surface area contributed by atoms with Crippen LogP contribution < -0.4 is 5.32 Å². The first-order chi connectivity index (χ1) is 12.0. The molecule has 1 aliphatic heterocycles. The van der Waals surface area contributed by atoms with Crippen molar-refractivity contribution in [2.75, 3.05) is 6.54 Å². The summed E-state index contributed by atoms with van der Waals surface area (Å²) in [6.07, 6.45) is 0. The molecule has 5 heteroatoms. The Kier molecular flexibility index (Phi) is 4.72. The van der Waals surface area contributed by atoms with Crippen LogP contribution in [-0.4, -0.2) is 18.4 Å². The fraction of sp³-hybridized carbons (Fsp3) is 0.100. The standard InChI is InChI=1S/C20H16ClNO3/c1-12-3-5-15(6-4-12)19(23)22-11-17-18(13(2)25-20(17)24)14-7-9-16(21)10-8-14/h3-10H,2,11H2,1H3,(H,22,23). The summed E-state index contributed by atoms with van der Waals surface area (Å²) < 4.78 is 5.13. The van der Waals surface area contributed by atoms with E-state index in [2.05, 4.69) is 11.9 Å². The molecule has 1 N–H and O–H groups in total. The molecule has 2 aromatic rings. The van der Waals surface area contributed by atoms with E-state index in [0.29, 0.717) is 21.7 Å². The van der Waals surface area contributed by atoms with Crippen molar-refractivity contribution in [3.8, 4) is 0 Å². The summed E-state index contributed by atoms with van der Waals surface area (Å²) in [4.78, 5) is 24.4. The molecule has 25 heavy (non-hydrogen) atoms. The third-order valence-electron chi connectivity index (χ3n) is 3.92. The zero-order valence-corrected chi connectivity index (χ0v) is 14.4. The highest BCUT2D eigenvalue weighted by molar-refractivity contribution is 6.30. The van der Waals surface area contributed by atoms with Crippen molar-refractivity contribution in [1.29, 1.82) is 0 Å². The number of carbonyl (C=O) groups excluding carboxylic acids is 2. The molecule has 1 heterocycles. The number of nitrogens with one attached hydrogen (secondary N) is 1. The predicted octanol–water partition coefficient (Wildman–Crippen LogP) is 3.90. The van der Waals surface area contributed by atoms with Crippen LogP contribution in [0, 0.1) is 6.92 Å². The molecular formula is C20H16ClNO3. The Balaban J connectivity index is 1.83. The summed E-state index contributed by atoms with van der Waals surface area (Å²) in [5, 5.41) is 3.35. The number of benzene rings is 2. The average molecular weight is 354 g/mol. The molecule has 0 fully saturated rings. The van der Waals surface area contributed by atoms with Crippen molar-refractivity contribution in [2.45, 2.75) is 6.92 Å². The summed E-state index contributed by atoms with van der Waals surface area (Å²) in [5.41, 5.74) is 3.32. The van der Waals surface area contributed by atoms with Gasteiger partial charge in [0.15, 0.2) is 0 Å². The second-order valence-corrected chi connectivity index (χ2v) is 6.16. The van der Waals surface area contributed by atoms with Crippen LogP contribution in [0.25, 0.3) is 5.57 Å². The van der Waals surface area contributed by atoms with Crippen LogP contribution in [-0.2, 0) is 9.53 Å². The number of halogens is 1. The monoisotopic (exact) mass is 353 g/mol. The molecule has 0 radical (unpaired) electrons. The van der Waals surface area contributed by atoms with Gasteiger partial charge in [0.05, 0.1) is 12.1 Å². The van der Waals surface area contributed by atoms with Gasteiger partial charge in [-0.1, -0.05) is 48.0 Å². The predicted molar refractivity (Wildman–Crippen MR) is 97.1 cm³/mol. The van der Waals surface area contributed by atoms with Gasteiger partial charge in [-0.05, 0) is 36.8 Å². The van der Waals surface area contributed by atoms with Crippen molar-refractivity contribution in [3.63, 3.8) is 0 Å². The molecule has 2 aromatic carbocycles. The van der Waals surface area contributed by atoms with Crippen LogP contribution in [0.4, 0.5) is 0 Å². The van der Waals surface area contributed by atoms with E-state index in [1.807, 2.05) is 19.1 Å². The Bertz CT molecular complexity index is 880. The Morgan fingerprint density at radius 3 is 2.40 bits per heavy atom. The highest BCUT2D eigenvalue weighted by Gasteiger charge is 2.29. The van der Waals surface area contributed by atoms with Crippen molar-refractivity contribution in [2.24, 2.45) is 0 Å². The number of rotatable bonds is 4. The molecule has 0 unspecified atom stereocenters. The van der Waals surface area contributed by atoms with Gasteiger partial charge in [0, 0.05) is 16.2 Å². The number of allylic oxidation sites excluding steroid dienone is 1. The van der Waals surface area contributed by atoms with Gasteiger partial charge in [0.2, 0.25) is 0 Å². The Hall–Kier alpha value is -2.85. The van der Waals surface area contributed by atoms with E-state index >= 15 is 0 Å². The molecule has 1 aliphatic rings. The van der Waals surface area contributed by atoms with E-state index in [9.17, 15) is 9.59 Å². The number of ether oxygens (including phenoxy) is 1. The number of hydrogen-bond acceptors (Lipinski definition) is 3. The first kappa shape index (κ1) is 17.0. The van der Waals surface area contributed by atoms with Gasteiger partial charge in [0.1, 0.15) is 5.76 Å². The van der Waals surface area contributed by atoms with Gasteiger partial charge in [-0.2, -0.15) is 0 Å². The first-order valence-corrected chi connectivity index (χ1v) is 8.09. The Morgan fingerprint density at radius 2 is 1.76 bits per heavy atom. The first-order valence-electron chi connectivity index (χ1n) is 7.71. The van der Waals surface area contributed by atoms with E-state index in [0.717, 1.165) is 11.1 Å². The minimum absolute atomic E-state index is 0.0581. The average Bonchev–Trinajstić information content (AvgIpc) is 2.87. The zero-order chi connectivity index (χ0) is 18.0. The smallest absolute Gasteiger partial charge is 0.341 e. The normalized spacial score (nSPS) is 13.8. The van der Waals surface area contributed by atoms with Crippen LogP contribution >= 0.6 is 11.6 Å². The third kappa shape index (κ3) is 3.64. The molecule has 0 bridgehead atoms. The zero-order valence-electron chi connectivity index (χ0n) is 13.6. The summed E-state index contributed by atoms with van der Waals surface area (Å²) in [7, 11) is 0. The van der Waals surface area contributed by atoms with Crippen LogP contribution in [0.3, 0.4) is 0 Å². The largest absolute Gasteiger partial charge is 0.423 e. The fourth-order valence-corrected chi connectivity index (χ4v) is 2.71. The molecule has 1 amide bonds. The molecule has 0 atom stereocenters. The summed E-state index contributed by atoms with van der Waals surface area (Å²) >= 11 is 5.91. The third-order valence-corrected chi connectivity index (χ3v) is 4.17. The molecule has 0 spiro atoms. The van der Waals surface area contributed by atoms with Crippen LogP contribution in [0.2, 0.25) is 5.02 Å². The van der Waals surface area contributed by atoms with Crippen LogP contribution in [0.5, 0.6) is 0 Å². The number of hydrogen-bond donors (Lipinski definition) is 1. The Labute approximate surface area is 150 Å². The lowest BCUT2D eigenvalue weighted by Crippen LogP contribution is -2.27. The van der Waals surface area contributed by atoms with Gasteiger partial charge in [-0.3, -0.25) is 4.79 Å². The van der Waals surface area contributed by atoms with Gasteiger partial charge < -0.3 is 10.1 Å². The molecule has 0 aromatic heterocycles. The molecule has 126 valence electrons. The molecule has 3 rings (SSSR count). The van der Waals surface area contributed by atoms with E-state index in [1.54, 1.807) is 36.4 Å². The van der Waals surface area contributed by atoms with Gasteiger partial charge >= 0.3 is 5.97 Å². The lowest BCUT2D eigenvalue weighted by Gasteiger charge is -2.07. The number of carbonyl (C=O) groups is 2. The van der Waals surface area contributed by atoms with Crippen molar-refractivity contribution in [1.82, 2.24) is 5.32 Å².